The largest absolute Gasteiger partial charge is 0.496 e. The van der Waals surface area contributed by atoms with Crippen LogP contribution in [-0.2, 0) is 6.61 Å². The lowest BCUT2D eigenvalue weighted by atomic mass is 10.2. The van der Waals surface area contributed by atoms with Gasteiger partial charge in [-0.15, -0.1) is 0 Å². The van der Waals surface area contributed by atoms with Crippen LogP contribution in [0.1, 0.15) is 11.4 Å². The molecule has 8 nitrogen and oxygen atoms in total. The first-order valence-electron chi connectivity index (χ1n) is 8.34. The highest BCUT2D eigenvalue weighted by Crippen LogP contribution is 2.32. The molecule has 0 atom stereocenters. The third-order valence-electron chi connectivity index (χ3n) is 3.88. The minimum Gasteiger partial charge on any atom is -0.496 e. The van der Waals surface area contributed by atoms with Crippen LogP contribution in [0.3, 0.4) is 0 Å². The number of hydrogen-bond acceptors (Lipinski definition) is 7. The fourth-order valence-electron chi connectivity index (χ4n) is 2.48. The van der Waals surface area contributed by atoms with E-state index in [0.29, 0.717) is 33.4 Å². The van der Waals surface area contributed by atoms with E-state index >= 15 is 0 Å². The van der Waals surface area contributed by atoms with Crippen molar-refractivity contribution in [1.29, 1.82) is 0 Å². The van der Waals surface area contributed by atoms with E-state index in [9.17, 15) is 0 Å². The smallest absolute Gasteiger partial charge is 0.216 e. The molecule has 0 saturated heterocycles. The van der Waals surface area contributed by atoms with Crippen LogP contribution in [-0.4, -0.2) is 42.4 Å². The van der Waals surface area contributed by atoms with Crippen LogP contribution in [0.5, 0.6) is 23.0 Å². The summed E-state index contributed by atoms with van der Waals surface area (Å²) in [6, 6.07) is 12.9. The zero-order valence-electron chi connectivity index (χ0n) is 15.7. The van der Waals surface area contributed by atoms with E-state index in [4.69, 9.17) is 31.2 Å². The molecule has 146 valence electrons. The van der Waals surface area contributed by atoms with Crippen molar-refractivity contribution in [3.63, 3.8) is 0 Å². The van der Waals surface area contributed by atoms with Gasteiger partial charge in [0.2, 0.25) is 4.77 Å². The van der Waals surface area contributed by atoms with E-state index in [1.54, 1.807) is 39.7 Å². The van der Waals surface area contributed by atoms with Crippen molar-refractivity contribution in [2.24, 2.45) is 5.10 Å². The fourth-order valence-corrected chi connectivity index (χ4v) is 2.67. The van der Waals surface area contributed by atoms with Gasteiger partial charge in [-0.3, -0.25) is 0 Å². The summed E-state index contributed by atoms with van der Waals surface area (Å²) in [7, 11) is 4.70. The number of rotatable bonds is 8. The molecule has 3 aromatic rings. The minimum absolute atomic E-state index is 0.200. The highest BCUT2D eigenvalue weighted by Gasteiger charge is 2.12. The number of nitrogens with zero attached hydrogens (tertiary/aromatic N) is 3. The molecule has 9 heteroatoms. The van der Waals surface area contributed by atoms with E-state index in [0.717, 1.165) is 5.75 Å². The van der Waals surface area contributed by atoms with Gasteiger partial charge in [-0.2, -0.15) is 14.9 Å². The molecule has 0 fully saturated rings. The molecule has 1 heterocycles. The van der Waals surface area contributed by atoms with Crippen LogP contribution < -0.4 is 18.9 Å². The molecule has 0 aliphatic heterocycles. The average Bonchev–Trinajstić information content (AvgIpc) is 3.10. The van der Waals surface area contributed by atoms with Crippen molar-refractivity contribution in [3.8, 4) is 23.0 Å². The van der Waals surface area contributed by atoms with Crippen molar-refractivity contribution >= 4 is 18.4 Å². The van der Waals surface area contributed by atoms with Crippen LogP contribution in [0.4, 0.5) is 0 Å². The normalized spacial score (nSPS) is 10.8. The van der Waals surface area contributed by atoms with Gasteiger partial charge in [0, 0.05) is 12.1 Å². The number of aromatic nitrogens is 3. The van der Waals surface area contributed by atoms with E-state index in [1.807, 2.05) is 30.3 Å². The highest BCUT2D eigenvalue weighted by molar-refractivity contribution is 7.71. The molecule has 0 aliphatic carbocycles. The van der Waals surface area contributed by atoms with E-state index in [2.05, 4.69) is 15.3 Å². The second kappa shape index (κ2) is 9.05. The number of aromatic amines is 1. The van der Waals surface area contributed by atoms with Gasteiger partial charge in [0.1, 0.15) is 29.6 Å². The SMILES string of the molecule is COc1cc(OC)c(/C=N\n2c(COc3ccccc3)n[nH]c2=S)c(OC)c1. The Bertz CT molecular complexity index is 989. The van der Waals surface area contributed by atoms with E-state index in [1.165, 1.54) is 4.68 Å². The molecular weight excluding hydrogens is 380 g/mol. The topological polar surface area (TPSA) is 82.9 Å². The molecule has 2 aromatic carbocycles. The average molecular weight is 400 g/mol. The van der Waals surface area contributed by atoms with Gasteiger partial charge < -0.3 is 18.9 Å². The highest BCUT2D eigenvalue weighted by atomic mass is 32.1. The second-order valence-electron chi connectivity index (χ2n) is 5.55. The van der Waals surface area contributed by atoms with Gasteiger partial charge >= 0.3 is 0 Å². The number of ether oxygens (including phenoxy) is 4. The first kappa shape index (κ1) is 19.4. The number of hydrogen-bond donors (Lipinski definition) is 1. The first-order chi connectivity index (χ1) is 13.7. The summed E-state index contributed by atoms with van der Waals surface area (Å²) in [5.41, 5.74) is 0.642. The van der Waals surface area contributed by atoms with Crippen molar-refractivity contribution in [3.05, 3.63) is 58.6 Å². The van der Waals surface area contributed by atoms with Crippen LogP contribution in [0, 0.1) is 4.77 Å². The molecule has 1 aromatic heterocycles. The zero-order valence-corrected chi connectivity index (χ0v) is 16.5. The van der Waals surface area contributed by atoms with Crippen molar-refractivity contribution in [2.75, 3.05) is 21.3 Å². The monoisotopic (exact) mass is 400 g/mol. The maximum atomic E-state index is 5.73. The molecular formula is C19H20N4O4S. The Morgan fingerprint density at radius 1 is 1.04 bits per heavy atom. The quantitative estimate of drug-likeness (QED) is 0.461. The van der Waals surface area contributed by atoms with Gasteiger partial charge in [0.15, 0.2) is 5.82 Å². The Balaban J connectivity index is 1.89. The molecule has 0 radical (unpaired) electrons. The summed E-state index contributed by atoms with van der Waals surface area (Å²) in [5, 5.41) is 11.3. The molecule has 0 aliphatic rings. The number of benzene rings is 2. The predicted octanol–water partition coefficient (Wildman–Crippen LogP) is 3.43. The molecule has 0 bridgehead atoms. The Morgan fingerprint density at radius 3 is 2.32 bits per heavy atom. The van der Waals surface area contributed by atoms with Crippen molar-refractivity contribution < 1.29 is 18.9 Å². The molecule has 0 spiro atoms. The molecule has 0 amide bonds. The van der Waals surface area contributed by atoms with E-state index < -0.39 is 0 Å². The minimum atomic E-state index is 0.200. The first-order valence-corrected chi connectivity index (χ1v) is 8.75. The summed E-state index contributed by atoms with van der Waals surface area (Å²) in [6.45, 7) is 0.200. The second-order valence-corrected chi connectivity index (χ2v) is 5.94. The Morgan fingerprint density at radius 2 is 1.71 bits per heavy atom. The van der Waals surface area contributed by atoms with Gasteiger partial charge in [-0.1, -0.05) is 18.2 Å². The van der Waals surface area contributed by atoms with Crippen molar-refractivity contribution in [1.82, 2.24) is 14.9 Å². The predicted molar refractivity (Wildman–Crippen MR) is 107 cm³/mol. The summed E-state index contributed by atoms with van der Waals surface area (Å²) < 4.78 is 23.7. The molecule has 0 saturated carbocycles. The van der Waals surface area contributed by atoms with Crippen LogP contribution in [0.15, 0.2) is 47.6 Å². The Kier molecular flexibility index (Phi) is 6.28. The van der Waals surface area contributed by atoms with Crippen LogP contribution >= 0.6 is 12.2 Å². The summed E-state index contributed by atoms with van der Waals surface area (Å²) in [5.74, 6) is 2.97. The fraction of sp³-hybridized carbons (Fsp3) is 0.211. The van der Waals surface area contributed by atoms with Crippen molar-refractivity contribution in [2.45, 2.75) is 6.61 Å². The Labute approximate surface area is 167 Å². The zero-order chi connectivity index (χ0) is 19.9. The number of para-hydroxylation sites is 1. The molecule has 28 heavy (non-hydrogen) atoms. The summed E-state index contributed by atoms with van der Waals surface area (Å²) >= 11 is 5.27. The Hall–Kier alpha value is -3.33. The lowest BCUT2D eigenvalue weighted by Gasteiger charge is -2.12. The summed E-state index contributed by atoms with van der Waals surface area (Å²) in [4.78, 5) is 0. The van der Waals surface area contributed by atoms with E-state index in [-0.39, 0.29) is 6.61 Å². The summed E-state index contributed by atoms with van der Waals surface area (Å²) in [6.07, 6.45) is 1.59. The number of methoxy groups -OCH3 is 3. The molecule has 0 unspecified atom stereocenters. The maximum Gasteiger partial charge on any atom is 0.216 e. The van der Waals surface area contributed by atoms with Gasteiger partial charge in [0.25, 0.3) is 0 Å². The van der Waals surface area contributed by atoms with Gasteiger partial charge in [0.05, 0.1) is 33.1 Å². The third kappa shape index (κ3) is 4.32. The number of nitrogens with one attached hydrogen (secondary N) is 1. The van der Waals surface area contributed by atoms with Crippen LogP contribution in [0.2, 0.25) is 0 Å². The lowest BCUT2D eigenvalue weighted by Crippen LogP contribution is -2.05. The molecule has 1 N–H and O–H groups in total. The van der Waals surface area contributed by atoms with Gasteiger partial charge in [-0.05, 0) is 24.4 Å². The third-order valence-corrected chi connectivity index (χ3v) is 4.15. The molecule has 3 rings (SSSR count). The van der Waals surface area contributed by atoms with Gasteiger partial charge in [-0.25, -0.2) is 5.10 Å². The lowest BCUT2D eigenvalue weighted by molar-refractivity contribution is 0.290. The maximum absolute atomic E-state index is 5.73. The number of H-pyrrole nitrogens is 1. The standard InChI is InChI=1S/C19H20N4O4S/c1-24-14-9-16(25-2)15(17(10-14)26-3)11-20-23-18(21-22-19(23)28)12-27-13-7-5-4-6-8-13/h4-11H,12H2,1-3H3,(H,22,28)/b20-11-. The van der Waals surface area contributed by atoms with Crippen LogP contribution in [0.25, 0.3) is 0 Å².